The number of thiazole rings is 1. The molecule has 2 aromatic carbocycles. The molecule has 0 fully saturated rings. The number of aromatic nitrogens is 1. The molecule has 0 bridgehead atoms. The minimum Gasteiger partial charge on any atom is -0.298 e. The van der Waals surface area contributed by atoms with Gasteiger partial charge in [-0.1, -0.05) is 23.8 Å². The molecular formula is C19H17N3O3S. The fraction of sp³-hybridized carbons (Fsp3) is 0.158. The third kappa shape index (κ3) is 3.48. The van der Waals surface area contributed by atoms with Crippen LogP contribution in [0.4, 0.5) is 10.8 Å². The van der Waals surface area contributed by atoms with Gasteiger partial charge in [-0.15, -0.1) is 11.3 Å². The molecule has 0 unspecified atom stereocenters. The van der Waals surface area contributed by atoms with E-state index < -0.39 is 10.8 Å². The maximum absolute atomic E-state index is 12.5. The second kappa shape index (κ2) is 7.05. The number of nitro groups is 1. The van der Waals surface area contributed by atoms with Crippen molar-refractivity contribution in [2.24, 2.45) is 0 Å². The van der Waals surface area contributed by atoms with Crippen molar-refractivity contribution < 1.29 is 9.72 Å². The van der Waals surface area contributed by atoms with Crippen LogP contribution in [0.3, 0.4) is 0 Å². The first-order valence-corrected chi connectivity index (χ1v) is 8.83. The molecule has 26 heavy (non-hydrogen) atoms. The molecule has 0 aliphatic carbocycles. The summed E-state index contributed by atoms with van der Waals surface area (Å²) in [6.45, 7) is 5.60. The molecule has 0 saturated carbocycles. The molecule has 0 aliphatic rings. The monoisotopic (exact) mass is 367 g/mol. The summed E-state index contributed by atoms with van der Waals surface area (Å²) in [4.78, 5) is 27.5. The molecule has 0 saturated heterocycles. The highest BCUT2D eigenvalue weighted by atomic mass is 32.1. The molecule has 0 atom stereocenters. The van der Waals surface area contributed by atoms with Crippen molar-refractivity contribution in [2.75, 3.05) is 5.32 Å². The number of benzene rings is 2. The summed E-state index contributed by atoms with van der Waals surface area (Å²) < 4.78 is 0. The number of nitrogens with one attached hydrogen (secondary N) is 1. The zero-order chi connectivity index (χ0) is 18.8. The lowest BCUT2D eigenvalue weighted by atomic mass is 10.0. The van der Waals surface area contributed by atoms with Crippen molar-refractivity contribution >= 4 is 28.1 Å². The summed E-state index contributed by atoms with van der Waals surface area (Å²) in [7, 11) is 0. The first-order valence-electron chi connectivity index (χ1n) is 7.95. The fourth-order valence-electron chi connectivity index (χ4n) is 2.70. The molecule has 3 rings (SSSR count). The zero-order valence-corrected chi connectivity index (χ0v) is 15.4. The van der Waals surface area contributed by atoms with E-state index in [9.17, 15) is 14.9 Å². The molecule has 132 valence electrons. The Morgan fingerprint density at radius 3 is 2.69 bits per heavy atom. The summed E-state index contributed by atoms with van der Waals surface area (Å²) >= 11 is 1.32. The van der Waals surface area contributed by atoms with Crippen LogP contribution in [0.25, 0.3) is 11.3 Å². The summed E-state index contributed by atoms with van der Waals surface area (Å²) in [6.07, 6.45) is 0. The molecule has 6 nitrogen and oxygen atoms in total. The highest BCUT2D eigenvalue weighted by Crippen LogP contribution is 2.29. The van der Waals surface area contributed by atoms with Crippen molar-refractivity contribution in [1.29, 1.82) is 0 Å². The number of hydrogen-bond acceptors (Lipinski definition) is 5. The zero-order valence-electron chi connectivity index (χ0n) is 14.6. The van der Waals surface area contributed by atoms with Crippen molar-refractivity contribution in [3.63, 3.8) is 0 Å². The lowest BCUT2D eigenvalue weighted by molar-refractivity contribution is -0.385. The van der Waals surface area contributed by atoms with E-state index in [2.05, 4.69) is 16.4 Å². The molecule has 7 heteroatoms. The second-order valence-electron chi connectivity index (χ2n) is 6.02. The summed E-state index contributed by atoms with van der Waals surface area (Å²) in [6, 6.07) is 10.6. The Labute approximate surface area is 154 Å². The predicted molar refractivity (Wildman–Crippen MR) is 103 cm³/mol. The van der Waals surface area contributed by atoms with E-state index in [1.54, 1.807) is 13.0 Å². The average molecular weight is 367 g/mol. The van der Waals surface area contributed by atoms with E-state index in [4.69, 9.17) is 0 Å². The molecular weight excluding hydrogens is 350 g/mol. The van der Waals surface area contributed by atoms with Crippen molar-refractivity contribution in [3.8, 4) is 11.3 Å². The number of rotatable bonds is 4. The van der Waals surface area contributed by atoms with Gasteiger partial charge in [-0.25, -0.2) is 4.98 Å². The first-order chi connectivity index (χ1) is 12.4. The first kappa shape index (κ1) is 17.8. The largest absolute Gasteiger partial charge is 0.298 e. The van der Waals surface area contributed by atoms with Gasteiger partial charge in [0.2, 0.25) is 0 Å². The standard InChI is InChI=1S/C19H17N3O3S/c1-11-7-8-12(2)15(9-11)16-10-26-19(20-16)21-18(23)14-5-4-6-17(13(14)3)22(24)25/h4-10H,1-3H3,(H,20,21,23). The fourth-order valence-corrected chi connectivity index (χ4v) is 3.40. The maximum Gasteiger partial charge on any atom is 0.273 e. The number of nitro benzene ring substituents is 1. The third-order valence-corrected chi connectivity index (χ3v) is 4.90. The summed E-state index contributed by atoms with van der Waals surface area (Å²) in [5.41, 5.74) is 4.58. The Kier molecular flexibility index (Phi) is 4.81. The van der Waals surface area contributed by atoms with Gasteiger partial charge in [0.05, 0.1) is 10.6 Å². The van der Waals surface area contributed by atoms with Crippen LogP contribution in [-0.4, -0.2) is 15.8 Å². The van der Waals surface area contributed by atoms with Crippen LogP contribution in [-0.2, 0) is 0 Å². The number of aryl methyl sites for hydroxylation is 2. The molecule has 0 radical (unpaired) electrons. The lowest BCUT2D eigenvalue weighted by Crippen LogP contribution is -2.14. The minimum atomic E-state index is -0.492. The molecule has 1 aromatic heterocycles. The molecule has 0 aliphatic heterocycles. The van der Waals surface area contributed by atoms with Gasteiger partial charge in [-0.3, -0.25) is 20.2 Å². The highest BCUT2D eigenvalue weighted by Gasteiger charge is 2.19. The van der Waals surface area contributed by atoms with Crippen LogP contribution in [0.2, 0.25) is 0 Å². The number of anilines is 1. The molecule has 1 N–H and O–H groups in total. The molecule has 3 aromatic rings. The smallest absolute Gasteiger partial charge is 0.273 e. The lowest BCUT2D eigenvalue weighted by Gasteiger charge is -2.06. The quantitative estimate of drug-likeness (QED) is 0.525. The van der Waals surface area contributed by atoms with Crippen LogP contribution < -0.4 is 5.32 Å². The van der Waals surface area contributed by atoms with Gasteiger partial charge >= 0.3 is 0 Å². The average Bonchev–Trinajstić information content (AvgIpc) is 3.05. The maximum atomic E-state index is 12.5. The topological polar surface area (TPSA) is 85.1 Å². The molecule has 1 amide bonds. The second-order valence-corrected chi connectivity index (χ2v) is 6.88. The molecule has 0 spiro atoms. The normalized spacial score (nSPS) is 10.6. The number of carbonyl (C=O) groups is 1. The highest BCUT2D eigenvalue weighted by molar-refractivity contribution is 7.14. The Morgan fingerprint density at radius 1 is 1.19 bits per heavy atom. The number of amides is 1. The third-order valence-electron chi connectivity index (χ3n) is 4.14. The van der Waals surface area contributed by atoms with Gasteiger partial charge in [0, 0.05) is 28.1 Å². The van der Waals surface area contributed by atoms with Crippen molar-refractivity contribution in [1.82, 2.24) is 4.98 Å². The van der Waals surface area contributed by atoms with Gasteiger partial charge in [0.15, 0.2) is 5.13 Å². The van der Waals surface area contributed by atoms with Crippen molar-refractivity contribution in [3.05, 3.63) is 74.1 Å². The number of nitrogens with zero attached hydrogens (tertiary/aromatic N) is 2. The van der Waals surface area contributed by atoms with Gasteiger partial charge in [-0.2, -0.15) is 0 Å². The van der Waals surface area contributed by atoms with E-state index in [0.717, 1.165) is 22.4 Å². The van der Waals surface area contributed by atoms with Gasteiger partial charge in [0.25, 0.3) is 11.6 Å². The van der Waals surface area contributed by atoms with Gasteiger partial charge < -0.3 is 0 Å². The van der Waals surface area contributed by atoms with E-state index in [1.165, 1.54) is 23.5 Å². The minimum absolute atomic E-state index is 0.0761. The Balaban J connectivity index is 1.86. The van der Waals surface area contributed by atoms with Crippen LogP contribution in [0, 0.1) is 30.9 Å². The predicted octanol–water partition coefficient (Wildman–Crippen LogP) is 4.90. The van der Waals surface area contributed by atoms with Crippen LogP contribution in [0.15, 0.2) is 41.8 Å². The Hall–Kier alpha value is -3.06. The summed E-state index contributed by atoms with van der Waals surface area (Å²) in [5, 5.41) is 16.1. The number of hydrogen-bond donors (Lipinski definition) is 1. The van der Waals surface area contributed by atoms with Crippen LogP contribution >= 0.6 is 11.3 Å². The van der Waals surface area contributed by atoms with E-state index in [-0.39, 0.29) is 11.3 Å². The van der Waals surface area contributed by atoms with Crippen LogP contribution in [0.5, 0.6) is 0 Å². The van der Waals surface area contributed by atoms with Gasteiger partial charge in [-0.05, 0) is 38.5 Å². The van der Waals surface area contributed by atoms with Crippen molar-refractivity contribution in [2.45, 2.75) is 20.8 Å². The van der Waals surface area contributed by atoms with Crippen LogP contribution in [0.1, 0.15) is 27.0 Å². The summed E-state index contributed by atoms with van der Waals surface area (Å²) in [5.74, 6) is -0.409. The Bertz CT molecular complexity index is 1010. The Morgan fingerprint density at radius 2 is 1.96 bits per heavy atom. The van der Waals surface area contributed by atoms with E-state index >= 15 is 0 Å². The van der Waals surface area contributed by atoms with E-state index in [1.807, 2.05) is 31.4 Å². The number of carbonyl (C=O) groups excluding carboxylic acids is 1. The van der Waals surface area contributed by atoms with E-state index in [0.29, 0.717) is 10.7 Å². The van der Waals surface area contributed by atoms with Gasteiger partial charge in [0.1, 0.15) is 0 Å². The SMILES string of the molecule is Cc1ccc(C)c(-c2csc(NC(=O)c3cccc([N+](=O)[O-])c3C)n2)c1. The molecule has 1 heterocycles.